The van der Waals surface area contributed by atoms with Crippen molar-refractivity contribution < 1.29 is 9.59 Å². The van der Waals surface area contributed by atoms with Crippen molar-refractivity contribution in [3.8, 4) is 10.4 Å². The number of Topliss-reactive ketones (excluding diaryl/α,β-unsaturated/α-hetero) is 1. The summed E-state index contributed by atoms with van der Waals surface area (Å²) in [5.41, 5.74) is 4.74. The van der Waals surface area contributed by atoms with E-state index >= 15 is 0 Å². The van der Waals surface area contributed by atoms with Crippen molar-refractivity contribution >= 4 is 23.0 Å². The van der Waals surface area contributed by atoms with Crippen molar-refractivity contribution in [3.63, 3.8) is 0 Å². The highest BCUT2D eigenvalue weighted by molar-refractivity contribution is 7.17. The second-order valence-corrected chi connectivity index (χ2v) is 8.97. The molecule has 2 aliphatic rings. The average Bonchev–Trinajstić information content (AvgIpc) is 3.24. The van der Waals surface area contributed by atoms with Gasteiger partial charge in [-0.3, -0.25) is 9.59 Å². The summed E-state index contributed by atoms with van der Waals surface area (Å²) < 4.78 is 0. The van der Waals surface area contributed by atoms with E-state index in [4.69, 9.17) is 0 Å². The van der Waals surface area contributed by atoms with E-state index in [0.29, 0.717) is 13.1 Å². The van der Waals surface area contributed by atoms with Crippen LogP contribution in [-0.2, 0) is 12.8 Å². The zero-order valence-corrected chi connectivity index (χ0v) is 17.1. The number of carbonyl (C=O) groups excluding carboxylic acids is 2. The minimum absolute atomic E-state index is 0.0184. The van der Waals surface area contributed by atoms with Crippen LogP contribution in [0, 0.1) is 5.92 Å². The van der Waals surface area contributed by atoms with Gasteiger partial charge in [0.1, 0.15) is 0 Å². The van der Waals surface area contributed by atoms with Crippen molar-refractivity contribution in [2.45, 2.75) is 25.7 Å². The summed E-state index contributed by atoms with van der Waals surface area (Å²) in [7, 11) is 0. The molecule has 4 heteroatoms. The van der Waals surface area contributed by atoms with Crippen LogP contribution in [0.4, 0.5) is 0 Å². The molecule has 1 saturated heterocycles. The van der Waals surface area contributed by atoms with Gasteiger partial charge in [-0.15, -0.1) is 11.3 Å². The Balaban J connectivity index is 1.29. The third kappa shape index (κ3) is 3.42. The largest absolute Gasteiger partial charge is 0.338 e. The number of amides is 1. The Labute approximate surface area is 175 Å². The van der Waals surface area contributed by atoms with Crippen LogP contribution in [0.5, 0.6) is 0 Å². The number of nitrogens with zero attached hydrogens (tertiary/aromatic N) is 1. The standard InChI is InChI=1S/C25H23NO2S/c27-23(18-7-2-1-3-8-18)19-12-14-26(15-13-19)25(28)22-16-20-11-10-17-6-4-5-9-21(17)24(20)29-22/h1-9,16,19H,10-15H2. The number of ketones is 1. The molecule has 0 spiro atoms. The van der Waals surface area contributed by atoms with Gasteiger partial charge in [-0.05, 0) is 48.4 Å². The summed E-state index contributed by atoms with van der Waals surface area (Å²) in [5, 5.41) is 0. The van der Waals surface area contributed by atoms with Gasteiger partial charge >= 0.3 is 0 Å². The molecule has 5 rings (SSSR count). The minimum atomic E-state index is 0.0184. The number of benzene rings is 2. The minimum Gasteiger partial charge on any atom is -0.338 e. The van der Waals surface area contributed by atoms with Crippen molar-refractivity contribution in [1.29, 1.82) is 0 Å². The molecule has 1 aliphatic carbocycles. The molecule has 0 unspecified atom stereocenters. The fraction of sp³-hybridized carbons (Fsp3) is 0.280. The van der Waals surface area contributed by atoms with E-state index in [2.05, 4.69) is 30.3 Å². The normalized spacial score (nSPS) is 16.2. The van der Waals surface area contributed by atoms with E-state index in [1.54, 1.807) is 11.3 Å². The van der Waals surface area contributed by atoms with Gasteiger partial charge in [0.05, 0.1) is 4.88 Å². The van der Waals surface area contributed by atoms with Crippen molar-refractivity contribution in [3.05, 3.63) is 82.2 Å². The quantitative estimate of drug-likeness (QED) is 0.562. The topological polar surface area (TPSA) is 37.4 Å². The molecule has 2 heterocycles. The second kappa shape index (κ2) is 7.60. The number of fused-ring (bicyclic) bond motifs is 3. The van der Waals surface area contributed by atoms with Gasteiger partial charge in [0, 0.05) is 29.4 Å². The van der Waals surface area contributed by atoms with Gasteiger partial charge in [-0.2, -0.15) is 0 Å². The van der Waals surface area contributed by atoms with E-state index < -0.39 is 0 Å². The Morgan fingerprint density at radius 3 is 2.34 bits per heavy atom. The van der Waals surface area contributed by atoms with Crippen molar-refractivity contribution in [2.75, 3.05) is 13.1 Å². The second-order valence-electron chi connectivity index (χ2n) is 7.92. The maximum Gasteiger partial charge on any atom is 0.263 e. The van der Waals surface area contributed by atoms with Crippen LogP contribution >= 0.6 is 11.3 Å². The lowest BCUT2D eigenvalue weighted by atomic mass is 9.89. The number of likely N-dealkylation sites (tertiary alicyclic amines) is 1. The molecule has 0 atom stereocenters. The first kappa shape index (κ1) is 18.3. The van der Waals surface area contributed by atoms with Crippen LogP contribution in [0.2, 0.25) is 0 Å². The number of rotatable bonds is 3. The molecule has 1 fully saturated rings. The van der Waals surface area contributed by atoms with Gasteiger partial charge in [-0.1, -0.05) is 54.6 Å². The maximum atomic E-state index is 13.1. The van der Waals surface area contributed by atoms with Crippen LogP contribution in [0.3, 0.4) is 0 Å². The highest BCUT2D eigenvalue weighted by atomic mass is 32.1. The molecule has 1 aromatic heterocycles. The number of thiophene rings is 1. The molecule has 0 saturated carbocycles. The summed E-state index contributed by atoms with van der Waals surface area (Å²) in [6, 6.07) is 20.1. The number of piperidine rings is 1. The average molecular weight is 402 g/mol. The van der Waals surface area contributed by atoms with E-state index in [9.17, 15) is 9.59 Å². The third-order valence-corrected chi connectivity index (χ3v) is 7.36. The van der Waals surface area contributed by atoms with Gasteiger partial charge in [0.2, 0.25) is 0 Å². The smallest absolute Gasteiger partial charge is 0.263 e. The molecule has 1 amide bonds. The summed E-state index contributed by atoms with van der Waals surface area (Å²) in [6.07, 6.45) is 3.53. The lowest BCUT2D eigenvalue weighted by Gasteiger charge is -2.31. The van der Waals surface area contributed by atoms with Gasteiger partial charge in [0.25, 0.3) is 5.91 Å². The predicted octanol–water partition coefficient (Wildman–Crippen LogP) is 5.25. The van der Waals surface area contributed by atoms with Gasteiger partial charge in [-0.25, -0.2) is 0 Å². The van der Waals surface area contributed by atoms with E-state index in [-0.39, 0.29) is 17.6 Å². The first-order valence-electron chi connectivity index (χ1n) is 10.3. The molecule has 146 valence electrons. The SMILES string of the molecule is O=C(c1ccccc1)C1CCN(C(=O)c2cc3c(s2)-c2ccccc2CC3)CC1. The molecule has 1 aliphatic heterocycles. The predicted molar refractivity (Wildman–Crippen MR) is 117 cm³/mol. The Morgan fingerprint density at radius 2 is 1.55 bits per heavy atom. The zero-order valence-electron chi connectivity index (χ0n) is 16.3. The van der Waals surface area contributed by atoms with Crippen molar-refractivity contribution in [1.82, 2.24) is 4.90 Å². The summed E-state index contributed by atoms with van der Waals surface area (Å²) in [4.78, 5) is 29.8. The van der Waals surface area contributed by atoms with E-state index in [1.165, 1.54) is 21.6 Å². The first-order chi connectivity index (χ1) is 14.2. The lowest BCUT2D eigenvalue weighted by molar-refractivity contribution is 0.0654. The number of aryl methyl sites for hydroxylation is 2. The van der Waals surface area contributed by atoms with E-state index in [0.717, 1.165) is 36.1 Å². The Morgan fingerprint density at radius 1 is 0.862 bits per heavy atom. The van der Waals surface area contributed by atoms with Crippen LogP contribution in [-0.4, -0.2) is 29.7 Å². The summed E-state index contributed by atoms with van der Waals surface area (Å²) >= 11 is 1.63. The van der Waals surface area contributed by atoms with Crippen LogP contribution in [0.25, 0.3) is 10.4 Å². The third-order valence-electron chi connectivity index (χ3n) is 6.16. The monoisotopic (exact) mass is 401 g/mol. The van der Waals surface area contributed by atoms with Crippen LogP contribution in [0.1, 0.15) is 44.0 Å². The molecule has 0 bridgehead atoms. The fourth-order valence-corrected chi connectivity index (χ4v) is 5.75. The Hall–Kier alpha value is -2.72. The number of hydrogen-bond acceptors (Lipinski definition) is 3. The summed E-state index contributed by atoms with van der Waals surface area (Å²) in [5.74, 6) is 0.346. The molecular weight excluding hydrogens is 378 g/mol. The highest BCUT2D eigenvalue weighted by Gasteiger charge is 2.30. The van der Waals surface area contributed by atoms with Crippen molar-refractivity contribution in [2.24, 2.45) is 5.92 Å². The highest BCUT2D eigenvalue weighted by Crippen LogP contribution is 2.40. The maximum absolute atomic E-state index is 13.1. The van der Waals surface area contributed by atoms with Crippen LogP contribution in [0.15, 0.2) is 60.7 Å². The lowest BCUT2D eigenvalue weighted by Crippen LogP contribution is -2.40. The molecule has 0 radical (unpaired) electrons. The molecular formula is C25H23NO2S. The molecule has 2 aromatic carbocycles. The Kier molecular flexibility index (Phi) is 4.80. The van der Waals surface area contributed by atoms with Crippen LogP contribution < -0.4 is 0 Å². The number of hydrogen-bond donors (Lipinski definition) is 0. The molecule has 3 aromatic rings. The molecule has 3 nitrogen and oxygen atoms in total. The van der Waals surface area contributed by atoms with Gasteiger partial charge in [0.15, 0.2) is 5.78 Å². The van der Waals surface area contributed by atoms with Gasteiger partial charge < -0.3 is 4.90 Å². The number of carbonyl (C=O) groups is 2. The Bertz CT molecular complexity index is 1060. The van der Waals surface area contributed by atoms with E-state index in [1.807, 2.05) is 35.2 Å². The molecule has 29 heavy (non-hydrogen) atoms. The molecule has 0 N–H and O–H groups in total. The summed E-state index contributed by atoms with van der Waals surface area (Å²) in [6.45, 7) is 1.31. The first-order valence-corrected chi connectivity index (χ1v) is 11.1. The fourth-order valence-electron chi connectivity index (χ4n) is 4.52. The zero-order chi connectivity index (χ0) is 19.8.